The van der Waals surface area contributed by atoms with Crippen molar-refractivity contribution in [2.24, 2.45) is 21.1 Å². The number of amides is 1. The van der Waals surface area contributed by atoms with Crippen molar-refractivity contribution in [3.63, 3.8) is 0 Å². The summed E-state index contributed by atoms with van der Waals surface area (Å²) in [7, 11) is 0. The van der Waals surface area contributed by atoms with E-state index in [1.54, 1.807) is 6.07 Å². The number of fused-ring (bicyclic) bond motifs is 1. The molecule has 1 aromatic rings. The molecule has 5 N–H and O–H groups in total. The van der Waals surface area contributed by atoms with Crippen molar-refractivity contribution in [2.45, 2.75) is 58.7 Å². The lowest BCUT2D eigenvalue weighted by atomic mass is 9.75. The summed E-state index contributed by atoms with van der Waals surface area (Å²) in [6, 6.07) is 2.06. The van der Waals surface area contributed by atoms with Crippen LogP contribution in [0.2, 0.25) is 0 Å². The molecule has 9 heteroatoms. The predicted molar refractivity (Wildman–Crippen MR) is 104 cm³/mol. The highest BCUT2D eigenvalue weighted by atomic mass is 16.2. The largest absolute Gasteiger partial charge is 0.383 e. The highest BCUT2D eigenvalue weighted by Crippen LogP contribution is 2.39. The molecule has 0 spiro atoms. The van der Waals surface area contributed by atoms with Crippen molar-refractivity contribution in [1.82, 2.24) is 20.6 Å². The molecule has 144 valence electrons. The van der Waals surface area contributed by atoms with Crippen LogP contribution in [-0.2, 0) is 4.79 Å². The molecule has 0 radical (unpaired) electrons. The summed E-state index contributed by atoms with van der Waals surface area (Å²) in [5.74, 6) is 0.497. The van der Waals surface area contributed by atoms with Gasteiger partial charge in [0, 0.05) is 17.8 Å². The number of hydrazine groups is 1. The summed E-state index contributed by atoms with van der Waals surface area (Å²) in [4.78, 5) is 21.5. The summed E-state index contributed by atoms with van der Waals surface area (Å²) in [5.41, 5.74) is 11.6. The molecule has 1 aliphatic carbocycles. The molecule has 4 rings (SSSR count). The van der Waals surface area contributed by atoms with Gasteiger partial charge in [0.15, 0.2) is 12.0 Å². The number of aliphatic imine (C=N–C) groups is 2. The Hall–Kier alpha value is -2.68. The molecule has 2 aliphatic heterocycles. The number of H-pyrrole nitrogens is 1. The SMILES string of the molecule is Cc1cc(NC(=O)C2=C3C(N)=NC=NC3N(C3CCC(C)(C)CC3)N2)n[nH]1. The first-order valence-corrected chi connectivity index (χ1v) is 9.32. The Morgan fingerprint density at radius 3 is 2.78 bits per heavy atom. The smallest absolute Gasteiger partial charge is 0.274 e. The molecule has 0 bridgehead atoms. The van der Waals surface area contributed by atoms with E-state index < -0.39 is 0 Å². The molecule has 1 aromatic heterocycles. The van der Waals surface area contributed by atoms with E-state index in [1.165, 1.54) is 6.34 Å². The monoisotopic (exact) mass is 370 g/mol. The van der Waals surface area contributed by atoms with E-state index >= 15 is 0 Å². The number of rotatable bonds is 3. The van der Waals surface area contributed by atoms with Crippen LogP contribution in [0.1, 0.15) is 45.2 Å². The molecular formula is C18H26N8O. The molecule has 0 saturated heterocycles. The van der Waals surface area contributed by atoms with E-state index in [-0.39, 0.29) is 12.1 Å². The minimum absolute atomic E-state index is 0.291. The lowest BCUT2D eigenvalue weighted by Gasteiger charge is -2.40. The number of amidine groups is 1. The maximum atomic E-state index is 12.9. The first-order valence-electron chi connectivity index (χ1n) is 9.32. The average molecular weight is 370 g/mol. The number of hydrogen-bond donors (Lipinski definition) is 4. The zero-order valence-corrected chi connectivity index (χ0v) is 15.9. The van der Waals surface area contributed by atoms with Gasteiger partial charge in [-0.1, -0.05) is 13.8 Å². The molecule has 1 saturated carbocycles. The van der Waals surface area contributed by atoms with E-state index in [0.29, 0.717) is 34.4 Å². The fraction of sp³-hybridized carbons (Fsp3) is 0.556. The molecule has 27 heavy (non-hydrogen) atoms. The minimum atomic E-state index is -0.324. The zero-order chi connectivity index (χ0) is 19.2. The number of nitrogens with one attached hydrogen (secondary N) is 3. The van der Waals surface area contributed by atoms with E-state index in [2.05, 4.69) is 49.8 Å². The number of hydrogen-bond acceptors (Lipinski definition) is 7. The molecule has 3 aliphatic rings. The quantitative estimate of drug-likeness (QED) is 0.641. The number of aryl methyl sites for hydroxylation is 1. The molecule has 0 aromatic carbocycles. The highest BCUT2D eigenvalue weighted by Gasteiger charge is 2.43. The van der Waals surface area contributed by atoms with Gasteiger partial charge in [-0.3, -0.25) is 9.89 Å². The molecular weight excluding hydrogens is 344 g/mol. The number of nitrogens with zero attached hydrogens (tertiary/aromatic N) is 4. The van der Waals surface area contributed by atoms with E-state index in [1.807, 2.05) is 6.92 Å². The third-order valence-electron chi connectivity index (χ3n) is 5.59. The Balaban J connectivity index is 1.57. The number of anilines is 1. The normalized spacial score (nSPS) is 25.1. The van der Waals surface area contributed by atoms with Crippen molar-refractivity contribution in [3.05, 3.63) is 23.0 Å². The lowest BCUT2D eigenvalue weighted by Crippen LogP contribution is -2.50. The van der Waals surface area contributed by atoms with Crippen molar-refractivity contribution in [2.75, 3.05) is 5.32 Å². The second-order valence-electron chi connectivity index (χ2n) is 8.25. The van der Waals surface area contributed by atoms with Gasteiger partial charge < -0.3 is 16.5 Å². The number of carbonyl (C=O) groups excluding carboxylic acids is 1. The standard InChI is InChI=1S/C18H26N8O/c1-10-8-12(24-23-10)22-17(27)14-13-15(19)20-9-21-16(13)26(25-14)11-4-6-18(2,3)7-5-11/h8-9,11,16,25H,4-7H2,1-3H3,(H2,19,20,21)(H2,22,23,24,27). The van der Waals surface area contributed by atoms with Gasteiger partial charge in [-0.15, -0.1) is 0 Å². The van der Waals surface area contributed by atoms with Gasteiger partial charge in [-0.25, -0.2) is 9.98 Å². The van der Waals surface area contributed by atoms with Gasteiger partial charge in [0.2, 0.25) is 0 Å². The molecule has 1 amide bonds. The molecule has 1 atom stereocenters. The van der Waals surface area contributed by atoms with Crippen LogP contribution in [0.15, 0.2) is 27.3 Å². The van der Waals surface area contributed by atoms with Crippen LogP contribution in [0.3, 0.4) is 0 Å². The summed E-state index contributed by atoms with van der Waals surface area (Å²) < 4.78 is 0. The first-order chi connectivity index (χ1) is 12.8. The average Bonchev–Trinajstić information content (AvgIpc) is 3.20. The van der Waals surface area contributed by atoms with Crippen LogP contribution < -0.4 is 16.5 Å². The number of aromatic amines is 1. The Morgan fingerprint density at radius 1 is 1.37 bits per heavy atom. The second-order valence-corrected chi connectivity index (χ2v) is 8.25. The van der Waals surface area contributed by atoms with Gasteiger partial charge in [-0.2, -0.15) is 10.1 Å². The van der Waals surface area contributed by atoms with E-state index in [9.17, 15) is 4.79 Å². The maximum absolute atomic E-state index is 12.9. The topological polar surface area (TPSA) is 124 Å². The predicted octanol–water partition coefficient (Wildman–Crippen LogP) is 1.42. The van der Waals surface area contributed by atoms with Crippen molar-refractivity contribution in [3.8, 4) is 0 Å². The Labute approximate surface area is 158 Å². The Morgan fingerprint density at radius 2 is 2.11 bits per heavy atom. The van der Waals surface area contributed by atoms with Crippen LogP contribution in [0, 0.1) is 12.3 Å². The van der Waals surface area contributed by atoms with Crippen LogP contribution >= 0.6 is 0 Å². The van der Waals surface area contributed by atoms with Crippen molar-refractivity contribution in [1.29, 1.82) is 0 Å². The summed E-state index contributed by atoms with van der Waals surface area (Å²) in [6.45, 7) is 6.48. The fourth-order valence-electron chi connectivity index (χ4n) is 3.94. The van der Waals surface area contributed by atoms with Gasteiger partial charge in [-0.05, 0) is 38.0 Å². The van der Waals surface area contributed by atoms with Crippen molar-refractivity contribution < 1.29 is 4.79 Å². The van der Waals surface area contributed by atoms with Crippen LogP contribution in [-0.4, -0.2) is 45.5 Å². The molecule has 1 fully saturated rings. The second kappa shape index (κ2) is 6.49. The Kier molecular flexibility index (Phi) is 4.26. The number of aromatic nitrogens is 2. The summed E-state index contributed by atoms with van der Waals surface area (Å²) >= 11 is 0. The van der Waals surface area contributed by atoms with Crippen molar-refractivity contribution >= 4 is 23.9 Å². The molecule has 9 nitrogen and oxygen atoms in total. The number of carbonyl (C=O) groups is 1. The zero-order valence-electron chi connectivity index (χ0n) is 15.9. The third-order valence-corrected chi connectivity index (χ3v) is 5.59. The number of nitrogens with two attached hydrogens (primary N) is 1. The van der Waals surface area contributed by atoms with E-state index in [4.69, 9.17) is 5.73 Å². The molecule has 3 heterocycles. The van der Waals surface area contributed by atoms with Gasteiger partial charge >= 0.3 is 0 Å². The molecule has 1 unspecified atom stereocenters. The van der Waals surface area contributed by atoms with Crippen LogP contribution in [0.5, 0.6) is 0 Å². The van der Waals surface area contributed by atoms with Crippen LogP contribution in [0.25, 0.3) is 0 Å². The summed E-state index contributed by atoms with van der Waals surface area (Å²) in [6.07, 6.45) is 5.52. The minimum Gasteiger partial charge on any atom is -0.383 e. The summed E-state index contributed by atoms with van der Waals surface area (Å²) in [5, 5.41) is 11.7. The van der Waals surface area contributed by atoms with E-state index in [0.717, 1.165) is 31.4 Å². The first kappa shape index (κ1) is 17.7. The highest BCUT2D eigenvalue weighted by molar-refractivity contribution is 6.13. The third kappa shape index (κ3) is 3.34. The Bertz CT molecular complexity index is 839. The van der Waals surface area contributed by atoms with Crippen LogP contribution in [0.4, 0.5) is 5.82 Å². The maximum Gasteiger partial charge on any atom is 0.274 e. The van der Waals surface area contributed by atoms with Gasteiger partial charge in [0.05, 0.1) is 5.57 Å². The van der Waals surface area contributed by atoms with Gasteiger partial charge in [0.25, 0.3) is 5.91 Å². The van der Waals surface area contributed by atoms with Gasteiger partial charge in [0.1, 0.15) is 17.9 Å². The fourth-order valence-corrected chi connectivity index (χ4v) is 3.94. The lowest BCUT2D eigenvalue weighted by molar-refractivity contribution is -0.113.